The minimum absolute atomic E-state index is 0.0870. The molecule has 2 aromatic heterocycles. The number of aryl methyl sites for hydroxylation is 1. The van der Waals surface area contributed by atoms with Gasteiger partial charge in [-0.3, -0.25) is 9.89 Å². The third kappa shape index (κ3) is 2.30. The highest BCUT2D eigenvalue weighted by Gasteiger charge is 2.10. The Balaban J connectivity index is 1.63. The van der Waals surface area contributed by atoms with Gasteiger partial charge < -0.3 is 10.3 Å². The van der Waals surface area contributed by atoms with Crippen molar-refractivity contribution < 1.29 is 4.79 Å². The van der Waals surface area contributed by atoms with Gasteiger partial charge in [0.2, 0.25) is 0 Å². The maximum atomic E-state index is 11.9. The molecule has 102 valence electrons. The van der Waals surface area contributed by atoms with Crippen LogP contribution < -0.4 is 5.32 Å². The van der Waals surface area contributed by atoms with Crippen LogP contribution in [0.1, 0.15) is 21.6 Å². The van der Waals surface area contributed by atoms with Crippen molar-refractivity contribution in [2.45, 2.75) is 13.3 Å². The Morgan fingerprint density at radius 3 is 3.00 bits per heavy atom. The summed E-state index contributed by atoms with van der Waals surface area (Å²) < 4.78 is 0. The Morgan fingerprint density at radius 2 is 2.20 bits per heavy atom. The number of amides is 1. The lowest BCUT2D eigenvalue weighted by molar-refractivity contribution is 0.0953. The molecule has 0 spiro atoms. The lowest BCUT2D eigenvalue weighted by atomic mass is 10.1. The molecular weight excluding hydrogens is 252 g/mol. The fourth-order valence-corrected chi connectivity index (χ4v) is 2.32. The number of hydrogen-bond acceptors (Lipinski definition) is 2. The van der Waals surface area contributed by atoms with E-state index in [1.165, 1.54) is 10.9 Å². The maximum absolute atomic E-state index is 11.9. The summed E-state index contributed by atoms with van der Waals surface area (Å²) in [6.07, 6.45) is 4.35. The lowest BCUT2D eigenvalue weighted by Gasteiger charge is -2.03. The number of para-hydroxylation sites is 1. The second kappa shape index (κ2) is 5.21. The predicted molar refractivity (Wildman–Crippen MR) is 77.7 cm³/mol. The van der Waals surface area contributed by atoms with E-state index in [0.29, 0.717) is 12.1 Å². The Kier molecular flexibility index (Phi) is 3.25. The minimum Gasteiger partial charge on any atom is -0.361 e. The zero-order chi connectivity index (χ0) is 13.9. The van der Waals surface area contributed by atoms with Crippen LogP contribution in [0.15, 0.2) is 36.7 Å². The van der Waals surface area contributed by atoms with Crippen LogP contribution >= 0.6 is 0 Å². The molecular formula is C15H16N4O. The average Bonchev–Trinajstić information content (AvgIpc) is 3.05. The molecule has 0 bridgehead atoms. The van der Waals surface area contributed by atoms with Gasteiger partial charge in [-0.15, -0.1) is 0 Å². The van der Waals surface area contributed by atoms with Crippen LogP contribution in [-0.2, 0) is 6.42 Å². The normalized spacial score (nSPS) is 10.8. The van der Waals surface area contributed by atoms with E-state index in [-0.39, 0.29) is 5.91 Å². The van der Waals surface area contributed by atoms with E-state index >= 15 is 0 Å². The van der Waals surface area contributed by atoms with Crippen LogP contribution in [0.4, 0.5) is 0 Å². The number of aromatic amines is 2. The van der Waals surface area contributed by atoms with Crippen LogP contribution in [0.3, 0.4) is 0 Å². The highest BCUT2D eigenvalue weighted by molar-refractivity contribution is 5.95. The molecule has 1 amide bonds. The fraction of sp³-hybridized carbons (Fsp3) is 0.200. The number of nitrogens with one attached hydrogen (secondary N) is 3. The standard InChI is InChI=1S/C15H16N4O/c1-10-13(9-18-19-10)15(20)16-7-6-11-8-17-14-5-3-2-4-12(11)14/h2-5,8-9,17H,6-7H2,1H3,(H,16,20)(H,18,19). The Bertz CT molecular complexity index is 741. The van der Waals surface area contributed by atoms with Crippen molar-refractivity contribution in [3.63, 3.8) is 0 Å². The minimum atomic E-state index is -0.0870. The average molecular weight is 268 g/mol. The van der Waals surface area contributed by atoms with Crippen molar-refractivity contribution in [1.29, 1.82) is 0 Å². The monoisotopic (exact) mass is 268 g/mol. The van der Waals surface area contributed by atoms with Gasteiger partial charge >= 0.3 is 0 Å². The fourth-order valence-electron chi connectivity index (χ4n) is 2.32. The van der Waals surface area contributed by atoms with E-state index in [2.05, 4.69) is 26.6 Å². The summed E-state index contributed by atoms with van der Waals surface area (Å²) in [6.45, 7) is 2.44. The van der Waals surface area contributed by atoms with E-state index < -0.39 is 0 Å². The molecule has 2 heterocycles. The number of rotatable bonds is 4. The molecule has 0 aliphatic rings. The number of benzene rings is 1. The highest BCUT2D eigenvalue weighted by atomic mass is 16.1. The van der Waals surface area contributed by atoms with Gasteiger partial charge in [-0.2, -0.15) is 5.10 Å². The van der Waals surface area contributed by atoms with Crippen molar-refractivity contribution >= 4 is 16.8 Å². The van der Waals surface area contributed by atoms with Crippen LogP contribution in [0, 0.1) is 6.92 Å². The third-order valence-electron chi connectivity index (χ3n) is 3.43. The number of aromatic nitrogens is 3. The molecule has 0 radical (unpaired) electrons. The molecule has 3 rings (SSSR count). The molecule has 0 saturated heterocycles. The molecule has 0 aliphatic heterocycles. The van der Waals surface area contributed by atoms with Gasteiger partial charge in [-0.25, -0.2) is 0 Å². The number of fused-ring (bicyclic) bond motifs is 1. The summed E-state index contributed by atoms with van der Waals surface area (Å²) >= 11 is 0. The highest BCUT2D eigenvalue weighted by Crippen LogP contribution is 2.17. The van der Waals surface area contributed by atoms with Crippen molar-refractivity contribution in [2.75, 3.05) is 6.54 Å². The zero-order valence-corrected chi connectivity index (χ0v) is 11.2. The zero-order valence-electron chi connectivity index (χ0n) is 11.2. The molecule has 3 aromatic rings. The molecule has 0 unspecified atom stereocenters. The van der Waals surface area contributed by atoms with Crippen LogP contribution in [0.25, 0.3) is 10.9 Å². The topological polar surface area (TPSA) is 73.6 Å². The second-order valence-electron chi connectivity index (χ2n) is 4.77. The van der Waals surface area contributed by atoms with Gasteiger partial charge in [0.1, 0.15) is 0 Å². The number of H-pyrrole nitrogens is 2. The predicted octanol–water partition coefficient (Wildman–Crippen LogP) is 2.17. The van der Waals surface area contributed by atoms with E-state index in [4.69, 9.17) is 0 Å². The van der Waals surface area contributed by atoms with Crippen LogP contribution in [-0.4, -0.2) is 27.6 Å². The quantitative estimate of drug-likeness (QED) is 0.678. The van der Waals surface area contributed by atoms with Crippen molar-refractivity contribution in [3.05, 3.63) is 53.5 Å². The van der Waals surface area contributed by atoms with Gasteiger partial charge in [0, 0.05) is 29.3 Å². The summed E-state index contributed by atoms with van der Waals surface area (Å²) in [6, 6.07) is 8.16. The number of carbonyl (C=O) groups is 1. The molecule has 0 aliphatic carbocycles. The second-order valence-corrected chi connectivity index (χ2v) is 4.77. The summed E-state index contributed by atoms with van der Waals surface area (Å²) in [4.78, 5) is 15.2. The van der Waals surface area contributed by atoms with E-state index in [9.17, 15) is 4.79 Å². The summed E-state index contributed by atoms with van der Waals surface area (Å²) in [5.74, 6) is -0.0870. The number of hydrogen-bond donors (Lipinski definition) is 3. The first kappa shape index (κ1) is 12.5. The van der Waals surface area contributed by atoms with Gasteiger partial charge in [0.25, 0.3) is 5.91 Å². The van der Waals surface area contributed by atoms with E-state index in [1.807, 2.05) is 31.3 Å². The SMILES string of the molecule is Cc1[nH]ncc1C(=O)NCCc1c[nH]c2ccccc12. The molecule has 3 N–H and O–H groups in total. The largest absolute Gasteiger partial charge is 0.361 e. The van der Waals surface area contributed by atoms with Crippen molar-refractivity contribution in [1.82, 2.24) is 20.5 Å². The first-order chi connectivity index (χ1) is 9.75. The maximum Gasteiger partial charge on any atom is 0.254 e. The van der Waals surface area contributed by atoms with Gasteiger partial charge in [-0.1, -0.05) is 18.2 Å². The third-order valence-corrected chi connectivity index (χ3v) is 3.43. The van der Waals surface area contributed by atoms with Gasteiger partial charge in [-0.05, 0) is 25.0 Å². The molecule has 0 atom stereocenters. The molecule has 0 fully saturated rings. The lowest BCUT2D eigenvalue weighted by Crippen LogP contribution is -2.25. The molecule has 20 heavy (non-hydrogen) atoms. The Morgan fingerprint density at radius 1 is 1.35 bits per heavy atom. The van der Waals surface area contributed by atoms with Crippen molar-refractivity contribution in [2.24, 2.45) is 0 Å². The smallest absolute Gasteiger partial charge is 0.254 e. The van der Waals surface area contributed by atoms with Gasteiger partial charge in [0.05, 0.1) is 11.8 Å². The first-order valence-electron chi connectivity index (χ1n) is 6.59. The van der Waals surface area contributed by atoms with Crippen LogP contribution in [0.5, 0.6) is 0 Å². The van der Waals surface area contributed by atoms with Crippen molar-refractivity contribution in [3.8, 4) is 0 Å². The molecule has 1 aromatic carbocycles. The van der Waals surface area contributed by atoms with E-state index in [1.54, 1.807) is 6.20 Å². The van der Waals surface area contributed by atoms with Gasteiger partial charge in [0.15, 0.2) is 0 Å². The number of carbonyl (C=O) groups excluding carboxylic acids is 1. The molecule has 5 nitrogen and oxygen atoms in total. The summed E-state index contributed by atoms with van der Waals surface area (Å²) in [5, 5.41) is 10.7. The summed E-state index contributed by atoms with van der Waals surface area (Å²) in [7, 11) is 0. The number of nitrogens with zero attached hydrogens (tertiary/aromatic N) is 1. The van der Waals surface area contributed by atoms with Crippen LogP contribution in [0.2, 0.25) is 0 Å². The Labute approximate surface area is 116 Å². The molecule has 5 heteroatoms. The molecule has 0 saturated carbocycles. The summed E-state index contributed by atoms with van der Waals surface area (Å²) in [5.41, 5.74) is 3.72. The van der Waals surface area contributed by atoms with E-state index in [0.717, 1.165) is 17.6 Å². The first-order valence-corrected chi connectivity index (χ1v) is 6.59. The Hall–Kier alpha value is -2.56.